The van der Waals surface area contributed by atoms with Gasteiger partial charge in [-0.05, 0) is 35.2 Å². The molecule has 4 aromatic rings. The van der Waals surface area contributed by atoms with Crippen molar-refractivity contribution in [1.29, 1.82) is 0 Å². The Morgan fingerprint density at radius 1 is 0.895 bits per heavy atom. The van der Waals surface area contributed by atoms with Crippen LogP contribution in [0.4, 0.5) is 0 Å². The summed E-state index contributed by atoms with van der Waals surface area (Å²) in [6.07, 6.45) is 0.957. The van der Waals surface area contributed by atoms with Crippen LogP contribution >= 0.6 is 0 Å². The predicted octanol–water partition coefficient (Wildman–Crippen LogP) is 4.26. The molecule has 1 aliphatic heterocycles. The van der Waals surface area contributed by atoms with E-state index in [1.54, 1.807) is 13.0 Å². The molecule has 5 rings (SSSR count). The second-order valence-electron chi connectivity index (χ2n) is 9.72. The number of aliphatic hydroxyl groups is 1. The first-order chi connectivity index (χ1) is 18.4. The number of rotatable bonds is 7. The van der Waals surface area contributed by atoms with Crippen LogP contribution in [0.15, 0.2) is 103 Å². The molecule has 3 aromatic carbocycles. The number of nitrogens with zero attached hydrogens (tertiary/aromatic N) is 2. The highest BCUT2D eigenvalue weighted by Crippen LogP contribution is 2.33. The van der Waals surface area contributed by atoms with Crippen LogP contribution in [0.1, 0.15) is 45.4 Å². The molecular formula is C32H31N3O3. The average Bonchev–Trinajstić information content (AvgIpc) is 2.97. The zero-order valence-electron chi connectivity index (χ0n) is 21.4. The summed E-state index contributed by atoms with van der Waals surface area (Å²) in [5.74, 6) is -0.272. The molecular weight excluding hydrogens is 474 g/mol. The molecule has 1 aromatic heterocycles. The summed E-state index contributed by atoms with van der Waals surface area (Å²) in [7, 11) is 0. The highest BCUT2D eigenvalue weighted by Gasteiger charge is 2.38. The second kappa shape index (κ2) is 11.0. The van der Waals surface area contributed by atoms with Gasteiger partial charge in [0.15, 0.2) is 0 Å². The largest absolute Gasteiger partial charge is 0.378 e. The monoisotopic (exact) mass is 505 g/mol. The first-order valence-corrected chi connectivity index (χ1v) is 12.9. The van der Waals surface area contributed by atoms with Gasteiger partial charge in [-0.25, -0.2) is 4.98 Å². The standard InChI is InChI=1S/C32H31N3O3/c1-23(32(38,26-13-7-3-8-14-26)27-15-9-4-10-16-27)33-31(37)29-18-17-25-22-35(20-19-28(25)34-29)30(36)21-24-11-5-2-6-12-24/h2-18,23,38H,19-22H2,1H3,(H,33,37). The third-order valence-corrected chi connectivity index (χ3v) is 7.23. The lowest BCUT2D eigenvalue weighted by molar-refractivity contribution is -0.131. The Morgan fingerprint density at radius 2 is 1.47 bits per heavy atom. The molecule has 0 saturated carbocycles. The number of fused-ring (bicyclic) bond motifs is 1. The van der Waals surface area contributed by atoms with Gasteiger partial charge < -0.3 is 15.3 Å². The van der Waals surface area contributed by atoms with E-state index in [9.17, 15) is 14.7 Å². The average molecular weight is 506 g/mol. The zero-order valence-corrected chi connectivity index (χ0v) is 21.4. The predicted molar refractivity (Wildman–Crippen MR) is 146 cm³/mol. The number of hydrogen-bond donors (Lipinski definition) is 2. The summed E-state index contributed by atoms with van der Waals surface area (Å²) >= 11 is 0. The Bertz CT molecular complexity index is 1370. The molecule has 6 nitrogen and oxygen atoms in total. The SMILES string of the molecule is CC(NC(=O)c1ccc2c(n1)CCN(C(=O)Cc1ccccc1)C2)C(O)(c1ccccc1)c1ccccc1. The van der Waals surface area contributed by atoms with E-state index in [0.717, 1.165) is 16.8 Å². The molecule has 0 saturated heterocycles. The van der Waals surface area contributed by atoms with Crippen LogP contribution in [-0.2, 0) is 29.8 Å². The summed E-state index contributed by atoms with van der Waals surface area (Å²) in [6.45, 7) is 2.84. The van der Waals surface area contributed by atoms with Crippen LogP contribution in [0.2, 0.25) is 0 Å². The Hall–Kier alpha value is -4.29. The van der Waals surface area contributed by atoms with Crippen molar-refractivity contribution in [2.24, 2.45) is 0 Å². The number of pyridine rings is 1. The smallest absolute Gasteiger partial charge is 0.270 e. The summed E-state index contributed by atoms with van der Waals surface area (Å²) in [4.78, 5) is 32.6. The molecule has 6 heteroatoms. The van der Waals surface area contributed by atoms with Crippen LogP contribution in [0, 0.1) is 0 Å². The van der Waals surface area contributed by atoms with Gasteiger partial charge in [0.2, 0.25) is 5.91 Å². The van der Waals surface area contributed by atoms with Gasteiger partial charge in [0.1, 0.15) is 11.3 Å². The quantitative estimate of drug-likeness (QED) is 0.393. The molecule has 0 spiro atoms. The summed E-state index contributed by atoms with van der Waals surface area (Å²) in [5, 5.41) is 14.9. The van der Waals surface area contributed by atoms with E-state index in [1.807, 2.05) is 102 Å². The molecule has 1 aliphatic rings. The molecule has 0 fully saturated rings. The molecule has 192 valence electrons. The van der Waals surface area contributed by atoms with E-state index in [4.69, 9.17) is 0 Å². The van der Waals surface area contributed by atoms with Crippen LogP contribution < -0.4 is 5.32 Å². The van der Waals surface area contributed by atoms with Crippen LogP contribution in [0.5, 0.6) is 0 Å². The molecule has 1 atom stereocenters. The Kier molecular flexibility index (Phi) is 7.33. The lowest BCUT2D eigenvalue weighted by atomic mass is 9.80. The minimum Gasteiger partial charge on any atom is -0.378 e. The first kappa shape index (κ1) is 25.4. The molecule has 2 N–H and O–H groups in total. The third-order valence-electron chi connectivity index (χ3n) is 7.23. The van der Waals surface area contributed by atoms with Gasteiger partial charge >= 0.3 is 0 Å². The Balaban J connectivity index is 1.30. The molecule has 0 aliphatic carbocycles. The van der Waals surface area contributed by atoms with E-state index in [0.29, 0.717) is 42.8 Å². The fraction of sp³-hybridized carbons (Fsp3) is 0.219. The minimum absolute atomic E-state index is 0.0820. The van der Waals surface area contributed by atoms with Crippen molar-refractivity contribution in [3.63, 3.8) is 0 Å². The summed E-state index contributed by atoms with van der Waals surface area (Å²) in [6, 6.07) is 31.4. The first-order valence-electron chi connectivity index (χ1n) is 12.9. The van der Waals surface area contributed by atoms with Gasteiger partial charge in [0.05, 0.1) is 12.5 Å². The van der Waals surface area contributed by atoms with E-state index in [1.165, 1.54) is 0 Å². The number of carbonyl (C=O) groups excluding carboxylic acids is 2. The molecule has 38 heavy (non-hydrogen) atoms. The molecule has 0 bridgehead atoms. The van der Waals surface area contributed by atoms with Gasteiger partial charge in [0, 0.05) is 25.2 Å². The molecule has 2 amide bonds. The van der Waals surface area contributed by atoms with E-state index < -0.39 is 11.6 Å². The highest BCUT2D eigenvalue weighted by atomic mass is 16.3. The van der Waals surface area contributed by atoms with E-state index in [-0.39, 0.29) is 11.8 Å². The van der Waals surface area contributed by atoms with Gasteiger partial charge in [-0.3, -0.25) is 9.59 Å². The fourth-order valence-electron chi connectivity index (χ4n) is 5.06. The third kappa shape index (κ3) is 5.22. The maximum Gasteiger partial charge on any atom is 0.270 e. The molecule has 0 radical (unpaired) electrons. The number of amides is 2. The van der Waals surface area contributed by atoms with Crippen molar-refractivity contribution in [3.8, 4) is 0 Å². The van der Waals surface area contributed by atoms with E-state index in [2.05, 4.69) is 10.3 Å². The number of aromatic nitrogens is 1. The van der Waals surface area contributed by atoms with Crippen LogP contribution in [0.25, 0.3) is 0 Å². The highest BCUT2D eigenvalue weighted by molar-refractivity contribution is 5.92. The lowest BCUT2D eigenvalue weighted by Crippen LogP contribution is -2.50. The van der Waals surface area contributed by atoms with Crippen LogP contribution in [0.3, 0.4) is 0 Å². The zero-order chi connectivity index (χ0) is 26.5. The van der Waals surface area contributed by atoms with Crippen molar-refractivity contribution in [3.05, 3.63) is 137 Å². The molecule has 2 heterocycles. The Labute approximate surface area is 223 Å². The van der Waals surface area contributed by atoms with Crippen molar-refractivity contribution >= 4 is 11.8 Å². The maximum atomic E-state index is 13.3. The number of hydrogen-bond acceptors (Lipinski definition) is 4. The minimum atomic E-state index is -1.42. The van der Waals surface area contributed by atoms with E-state index >= 15 is 0 Å². The number of benzene rings is 3. The normalized spacial score (nSPS) is 13.9. The number of nitrogens with one attached hydrogen (secondary N) is 1. The maximum absolute atomic E-state index is 13.3. The van der Waals surface area contributed by atoms with Gasteiger partial charge in [0.25, 0.3) is 5.91 Å². The topological polar surface area (TPSA) is 82.5 Å². The van der Waals surface area contributed by atoms with Gasteiger partial charge in [-0.15, -0.1) is 0 Å². The Morgan fingerprint density at radius 3 is 2.08 bits per heavy atom. The van der Waals surface area contributed by atoms with Gasteiger partial charge in [-0.2, -0.15) is 0 Å². The van der Waals surface area contributed by atoms with Crippen molar-refractivity contribution in [2.45, 2.75) is 38.0 Å². The van der Waals surface area contributed by atoms with Crippen molar-refractivity contribution in [1.82, 2.24) is 15.2 Å². The fourth-order valence-corrected chi connectivity index (χ4v) is 5.06. The summed E-state index contributed by atoms with van der Waals surface area (Å²) < 4.78 is 0. The van der Waals surface area contributed by atoms with Crippen molar-refractivity contribution < 1.29 is 14.7 Å². The lowest BCUT2D eigenvalue weighted by Gasteiger charge is -2.35. The van der Waals surface area contributed by atoms with Crippen LogP contribution in [-0.4, -0.2) is 39.4 Å². The van der Waals surface area contributed by atoms with Crippen molar-refractivity contribution in [2.75, 3.05) is 6.54 Å². The summed E-state index contributed by atoms with van der Waals surface area (Å²) in [5.41, 5.74) is 3.03. The van der Waals surface area contributed by atoms with Gasteiger partial charge in [-0.1, -0.05) is 97.1 Å². The second-order valence-corrected chi connectivity index (χ2v) is 9.72. The molecule has 1 unspecified atom stereocenters. The number of carbonyl (C=O) groups is 2.